The standard InChI is InChI=1S/C16H22N2O/c1-12-9-15(18-19-12)11-17-10-13-5-7-14(8-6-13)16(2,3)4/h5-9,17H,10-11H2,1-4H3. The first kappa shape index (κ1) is 13.8. The summed E-state index contributed by atoms with van der Waals surface area (Å²) in [5, 5.41) is 7.32. The van der Waals surface area contributed by atoms with E-state index in [2.05, 4.69) is 55.5 Å². The van der Waals surface area contributed by atoms with Crippen LogP contribution in [0.2, 0.25) is 0 Å². The second-order valence-electron chi connectivity index (χ2n) is 5.98. The van der Waals surface area contributed by atoms with E-state index in [-0.39, 0.29) is 5.41 Å². The molecule has 1 aromatic heterocycles. The second-order valence-corrected chi connectivity index (χ2v) is 5.98. The smallest absolute Gasteiger partial charge is 0.133 e. The summed E-state index contributed by atoms with van der Waals surface area (Å²) in [4.78, 5) is 0. The SMILES string of the molecule is Cc1cc(CNCc2ccc(C(C)(C)C)cc2)no1. The number of rotatable bonds is 4. The molecule has 0 saturated carbocycles. The van der Waals surface area contributed by atoms with Crippen LogP contribution in [-0.4, -0.2) is 5.16 Å². The van der Waals surface area contributed by atoms with Gasteiger partial charge in [-0.25, -0.2) is 0 Å². The van der Waals surface area contributed by atoms with Crippen LogP contribution in [0.5, 0.6) is 0 Å². The minimum Gasteiger partial charge on any atom is -0.361 e. The Kier molecular flexibility index (Phi) is 4.05. The lowest BCUT2D eigenvalue weighted by Crippen LogP contribution is -2.14. The molecule has 1 aromatic carbocycles. The van der Waals surface area contributed by atoms with Gasteiger partial charge in [0.25, 0.3) is 0 Å². The number of aromatic nitrogens is 1. The molecule has 0 aliphatic heterocycles. The third-order valence-corrected chi connectivity index (χ3v) is 3.13. The van der Waals surface area contributed by atoms with Crippen molar-refractivity contribution < 1.29 is 4.52 Å². The molecule has 3 nitrogen and oxygen atoms in total. The van der Waals surface area contributed by atoms with Crippen LogP contribution >= 0.6 is 0 Å². The lowest BCUT2D eigenvalue weighted by atomic mass is 9.87. The minimum absolute atomic E-state index is 0.212. The summed E-state index contributed by atoms with van der Waals surface area (Å²) in [6.45, 7) is 10.2. The van der Waals surface area contributed by atoms with Crippen LogP contribution in [0.1, 0.15) is 43.4 Å². The van der Waals surface area contributed by atoms with Crippen molar-refractivity contribution in [1.29, 1.82) is 0 Å². The van der Waals surface area contributed by atoms with Gasteiger partial charge in [0.1, 0.15) is 5.76 Å². The number of nitrogens with one attached hydrogen (secondary N) is 1. The highest BCUT2D eigenvalue weighted by atomic mass is 16.5. The summed E-state index contributed by atoms with van der Waals surface area (Å²) in [5.41, 5.74) is 3.81. The molecule has 1 heterocycles. The zero-order valence-electron chi connectivity index (χ0n) is 12.2. The van der Waals surface area contributed by atoms with E-state index in [1.54, 1.807) is 0 Å². The number of benzene rings is 1. The first-order valence-electron chi connectivity index (χ1n) is 6.67. The third-order valence-electron chi connectivity index (χ3n) is 3.13. The molecule has 0 aliphatic rings. The molecule has 0 bridgehead atoms. The van der Waals surface area contributed by atoms with Crippen molar-refractivity contribution in [2.45, 2.75) is 46.2 Å². The largest absolute Gasteiger partial charge is 0.361 e. The summed E-state index contributed by atoms with van der Waals surface area (Å²) >= 11 is 0. The Morgan fingerprint density at radius 3 is 2.32 bits per heavy atom. The summed E-state index contributed by atoms with van der Waals surface area (Å²) in [6.07, 6.45) is 0. The van der Waals surface area contributed by atoms with E-state index in [1.165, 1.54) is 11.1 Å². The normalized spacial score (nSPS) is 11.8. The van der Waals surface area contributed by atoms with E-state index in [0.29, 0.717) is 0 Å². The Morgan fingerprint density at radius 1 is 1.11 bits per heavy atom. The van der Waals surface area contributed by atoms with Gasteiger partial charge in [-0.2, -0.15) is 0 Å². The molecule has 102 valence electrons. The molecule has 0 unspecified atom stereocenters. The van der Waals surface area contributed by atoms with Gasteiger partial charge in [0.05, 0.1) is 5.69 Å². The molecule has 0 fully saturated rings. The van der Waals surface area contributed by atoms with Crippen LogP contribution in [0.3, 0.4) is 0 Å². The zero-order chi connectivity index (χ0) is 13.9. The van der Waals surface area contributed by atoms with Gasteiger partial charge in [-0.15, -0.1) is 0 Å². The van der Waals surface area contributed by atoms with Crippen molar-refractivity contribution in [3.05, 3.63) is 52.9 Å². The van der Waals surface area contributed by atoms with Crippen LogP contribution in [-0.2, 0) is 18.5 Å². The van der Waals surface area contributed by atoms with Crippen LogP contribution in [0.4, 0.5) is 0 Å². The molecular formula is C16H22N2O. The maximum Gasteiger partial charge on any atom is 0.133 e. The molecule has 0 aliphatic carbocycles. The fraction of sp³-hybridized carbons (Fsp3) is 0.438. The number of aryl methyl sites for hydroxylation is 1. The maximum atomic E-state index is 5.03. The van der Waals surface area contributed by atoms with Crippen molar-refractivity contribution in [3.63, 3.8) is 0 Å². The zero-order valence-corrected chi connectivity index (χ0v) is 12.2. The molecule has 19 heavy (non-hydrogen) atoms. The first-order chi connectivity index (χ1) is 8.95. The molecular weight excluding hydrogens is 236 g/mol. The Morgan fingerprint density at radius 2 is 1.79 bits per heavy atom. The second kappa shape index (κ2) is 5.57. The Labute approximate surface area is 115 Å². The maximum absolute atomic E-state index is 5.03. The summed E-state index contributed by atoms with van der Waals surface area (Å²) in [6, 6.07) is 10.7. The summed E-state index contributed by atoms with van der Waals surface area (Å²) in [5.74, 6) is 0.853. The van der Waals surface area contributed by atoms with Gasteiger partial charge in [-0.05, 0) is 23.5 Å². The van der Waals surface area contributed by atoms with Crippen molar-refractivity contribution in [3.8, 4) is 0 Å². The van der Waals surface area contributed by atoms with Gasteiger partial charge < -0.3 is 9.84 Å². The summed E-state index contributed by atoms with van der Waals surface area (Å²) < 4.78 is 5.03. The highest BCUT2D eigenvalue weighted by Crippen LogP contribution is 2.22. The molecule has 2 rings (SSSR count). The van der Waals surface area contributed by atoms with E-state index >= 15 is 0 Å². The highest BCUT2D eigenvalue weighted by Gasteiger charge is 2.12. The van der Waals surface area contributed by atoms with Crippen molar-refractivity contribution in [1.82, 2.24) is 10.5 Å². The third kappa shape index (κ3) is 3.93. The predicted molar refractivity (Wildman–Crippen MR) is 76.9 cm³/mol. The number of nitrogens with zero attached hydrogens (tertiary/aromatic N) is 1. The van der Waals surface area contributed by atoms with Crippen molar-refractivity contribution >= 4 is 0 Å². The highest BCUT2D eigenvalue weighted by molar-refractivity contribution is 5.27. The lowest BCUT2D eigenvalue weighted by Gasteiger charge is -2.19. The Bertz CT molecular complexity index is 520. The van der Waals surface area contributed by atoms with E-state index in [1.807, 2.05) is 13.0 Å². The molecule has 2 aromatic rings. The van der Waals surface area contributed by atoms with E-state index < -0.39 is 0 Å². The average Bonchev–Trinajstić information content (AvgIpc) is 2.75. The molecule has 0 spiro atoms. The van der Waals surface area contributed by atoms with Gasteiger partial charge in [-0.1, -0.05) is 50.2 Å². The van der Waals surface area contributed by atoms with Gasteiger partial charge in [-0.3, -0.25) is 0 Å². The minimum atomic E-state index is 0.212. The molecule has 0 radical (unpaired) electrons. The number of hydrogen-bond donors (Lipinski definition) is 1. The molecule has 0 saturated heterocycles. The average molecular weight is 258 g/mol. The van der Waals surface area contributed by atoms with Gasteiger partial charge >= 0.3 is 0 Å². The number of hydrogen-bond acceptors (Lipinski definition) is 3. The van der Waals surface area contributed by atoms with Crippen molar-refractivity contribution in [2.24, 2.45) is 0 Å². The van der Waals surface area contributed by atoms with E-state index in [0.717, 1.165) is 24.5 Å². The monoisotopic (exact) mass is 258 g/mol. The van der Waals surface area contributed by atoms with E-state index in [4.69, 9.17) is 4.52 Å². The van der Waals surface area contributed by atoms with E-state index in [9.17, 15) is 0 Å². The van der Waals surface area contributed by atoms with Gasteiger partial charge in [0.15, 0.2) is 0 Å². The van der Waals surface area contributed by atoms with Crippen LogP contribution < -0.4 is 5.32 Å². The molecule has 0 amide bonds. The van der Waals surface area contributed by atoms with Crippen LogP contribution in [0.25, 0.3) is 0 Å². The van der Waals surface area contributed by atoms with Gasteiger partial charge in [0.2, 0.25) is 0 Å². The summed E-state index contributed by atoms with van der Waals surface area (Å²) in [7, 11) is 0. The lowest BCUT2D eigenvalue weighted by molar-refractivity contribution is 0.388. The molecule has 0 atom stereocenters. The first-order valence-corrected chi connectivity index (χ1v) is 6.67. The van der Waals surface area contributed by atoms with Crippen molar-refractivity contribution in [2.75, 3.05) is 0 Å². The topological polar surface area (TPSA) is 38.1 Å². The molecule has 3 heteroatoms. The predicted octanol–water partition coefficient (Wildman–Crippen LogP) is 3.57. The Hall–Kier alpha value is -1.61. The fourth-order valence-electron chi connectivity index (χ4n) is 1.96. The van der Waals surface area contributed by atoms with Gasteiger partial charge in [0, 0.05) is 19.2 Å². The van der Waals surface area contributed by atoms with Crippen LogP contribution in [0, 0.1) is 6.92 Å². The quantitative estimate of drug-likeness (QED) is 0.911. The molecule has 1 N–H and O–H groups in total. The fourth-order valence-corrected chi connectivity index (χ4v) is 1.96. The van der Waals surface area contributed by atoms with Crippen LogP contribution in [0.15, 0.2) is 34.9 Å². The Balaban J connectivity index is 1.86.